The van der Waals surface area contributed by atoms with Gasteiger partial charge < -0.3 is 15.4 Å². The van der Waals surface area contributed by atoms with E-state index in [9.17, 15) is 18.0 Å². The topological polar surface area (TPSA) is 127 Å². The van der Waals surface area contributed by atoms with Gasteiger partial charge in [0.25, 0.3) is 5.91 Å². The molecule has 10 heteroatoms. The third-order valence-corrected chi connectivity index (χ3v) is 5.78. The van der Waals surface area contributed by atoms with Gasteiger partial charge in [-0.25, -0.2) is 23.2 Å². The molecule has 2 heterocycles. The highest BCUT2D eigenvalue weighted by atomic mass is 32.2. The molecular weight excluding hydrogens is 372 g/mol. The van der Waals surface area contributed by atoms with Crippen LogP contribution in [0.2, 0.25) is 0 Å². The standard InChI is InChI=1S/C17H18N4O5S/c1-26-17(23)11-3-2-4-12(7-11)20-15-9-18-14(8-19-15)16(22)21-13-5-6-27(24,25)10-13/h2-4,7-9,13H,5-6,10H2,1H3,(H,19,20)(H,21,22). The first-order valence-electron chi connectivity index (χ1n) is 8.15. The predicted octanol–water partition coefficient (Wildman–Crippen LogP) is 0.924. The number of ether oxygens (including phenoxy) is 1. The Morgan fingerprint density at radius 2 is 2.04 bits per heavy atom. The maximum Gasteiger partial charge on any atom is 0.337 e. The van der Waals surface area contributed by atoms with Crippen molar-refractivity contribution in [1.82, 2.24) is 15.3 Å². The molecule has 142 valence electrons. The molecule has 27 heavy (non-hydrogen) atoms. The van der Waals surface area contributed by atoms with Crippen LogP contribution in [0.25, 0.3) is 0 Å². The highest BCUT2D eigenvalue weighted by Gasteiger charge is 2.29. The van der Waals surface area contributed by atoms with Gasteiger partial charge in [-0.1, -0.05) is 6.07 Å². The largest absolute Gasteiger partial charge is 0.465 e. The first-order valence-corrected chi connectivity index (χ1v) is 9.97. The quantitative estimate of drug-likeness (QED) is 0.722. The minimum atomic E-state index is -3.07. The normalized spacial score (nSPS) is 17.9. The molecule has 0 aliphatic carbocycles. The summed E-state index contributed by atoms with van der Waals surface area (Å²) in [6.45, 7) is 0. The molecule has 3 rings (SSSR count). The lowest BCUT2D eigenvalue weighted by Gasteiger charge is -2.10. The van der Waals surface area contributed by atoms with Gasteiger partial charge >= 0.3 is 5.97 Å². The molecule has 2 aromatic rings. The number of sulfone groups is 1. The minimum absolute atomic E-state index is 0.0532. The Morgan fingerprint density at radius 1 is 1.22 bits per heavy atom. The van der Waals surface area contributed by atoms with E-state index in [0.29, 0.717) is 23.5 Å². The number of aromatic nitrogens is 2. The van der Waals surface area contributed by atoms with Gasteiger partial charge in [-0.05, 0) is 24.6 Å². The number of anilines is 2. The predicted molar refractivity (Wildman–Crippen MR) is 97.6 cm³/mol. The number of benzene rings is 1. The Labute approximate surface area is 156 Å². The van der Waals surface area contributed by atoms with Crippen LogP contribution >= 0.6 is 0 Å². The summed E-state index contributed by atoms with van der Waals surface area (Å²) in [7, 11) is -1.77. The number of esters is 1. The molecule has 1 atom stereocenters. The van der Waals surface area contributed by atoms with Crippen LogP contribution < -0.4 is 10.6 Å². The van der Waals surface area contributed by atoms with Crippen LogP contribution in [0.1, 0.15) is 27.3 Å². The molecule has 1 aliphatic heterocycles. The van der Waals surface area contributed by atoms with Crippen LogP contribution in [0.5, 0.6) is 0 Å². The number of carbonyl (C=O) groups excluding carboxylic acids is 2. The molecule has 0 radical (unpaired) electrons. The van der Waals surface area contributed by atoms with Crippen molar-refractivity contribution in [1.29, 1.82) is 0 Å². The van der Waals surface area contributed by atoms with E-state index in [1.54, 1.807) is 24.3 Å². The van der Waals surface area contributed by atoms with E-state index in [1.807, 2.05) is 0 Å². The van der Waals surface area contributed by atoms with Crippen molar-refractivity contribution >= 4 is 33.2 Å². The van der Waals surface area contributed by atoms with Crippen molar-refractivity contribution in [3.63, 3.8) is 0 Å². The van der Waals surface area contributed by atoms with Gasteiger partial charge in [0.15, 0.2) is 9.84 Å². The number of rotatable bonds is 5. The highest BCUT2D eigenvalue weighted by Crippen LogP contribution is 2.16. The van der Waals surface area contributed by atoms with Crippen molar-refractivity contribution in [3.8, 4) is 0 Å². The zero-order valence-corrected chi connectivity index (χ0v) is 15.3. The molecule has 1 saturated heterocycles. The van der Waals surface area contributed by atoms with Gasteiger partial charge in [0.1, 0.15) is 11.5 Å². The summed E-state index contributed by atoms with van der Waals surface area (Å²) in [5.74, 6) is -0.508. The molecule has 0 bridgehead atoms. The molecule has 0 saturated carbocycles. The van der Waals surface area contributed by atoms with E-state index >= 15 is 0 Å². The lowest BCUT2D eigenvalue weighted by molar-refractivity contribution is 0.0600. The Bertz CT molecular complexity index is 960. The van der Waals surface area contributed by atoms with Crippen LogP contribution in [-0.4, -0.2) is 54.9 Å². The zero-order chi connectivity index (χ0) is 19.4. The van der Waals surface area contributed by atoms with E-state index < -0.39 is 27.8 Å². The van der Waals surface area contributed by atoms with Gasteiger partial charge in [-0.2, -0.15) is 0 Å². The number of nitrogens with one attached hydrogen (secondary N) is 2. The second-order valence-corrected chi connectivity index (χ2v) is 8.29. The Hall–Kier alpha value is -3.01. The van der Waals surface area contributed by atoms with Gasteiger partial charge in [0, 0.05) is 11.7 Å². The summed E-state index contributed by atoms with van der Waals surface area (Å²) < 4.78 is 27.6. The SMILES string of the molecule is COC(=O)c1cccc(Nc2cnc(C(=O)NC3CCS(=O)(=O)C3)cn2)c1. The lowest BCUT2D eigenvalue weighted by Crippen LogP contribution is -2.36. The summed E-state index contributed by atoms with van der Waals surface area (Å²) in [6.07, 6.45) is 3.08. The second kappa shape index (κ2) is 7.70. The first kappa shape index (κ1) is 18.8. The number of carbonyl (C=O) groups is 2. The van der Waals surface area contributed by atoms with Crippen molar-refractivity contribution in [3.05, 3.63) is 47.9 Å². The number of methoxy groups -OCH3 is 1. The first-order chi connectivity index (χ1) is 12.9. The summed E-state index contributed by atoms with van der Waals surface area (Å²) in [6, 6.07) is 6.27. The van der Waals surface area contributed by atoms with Gasteiger partial charge in [-0.3, -0.25) is 4.79 Å². The van der Waals surface area contributed by atoms with Crippen molar-refractivity contribution in [2.45, 2.75) is 12.5 Å². The molecule has 9 nitrogen and oxygen atoms in total. The highest BCUT2D eigenvalue weighted by molar-refractivity contribution is 7.91. The average Bonchev–Trinajstić information content (AvgIpc) is 3.00. The third-order valence-electron chi connectivity index (χ3n) is 4.01. The van der Waals surface area contributed by atoms with Crippen molar-refractivity contribution in [2.75, 3.05) is 23.9 Å². The fourth-order valence-electron chi connectivity index (χ4n) is 2.67. The van der Waals surface area contributed by atoms with Gasteiger partial charge in [0.05, 0.1) is 36.6 Å². The number of hydrogen-bond acceptors (Lipinski definition) is 8. The third kappa shape index (κ3) is 4.79. The average molecular weight is 390 g/mol. The van der Waals surface area contributed by atoms with Gasteiger partial charge in [-0.15, -0.1) is 0 Å². The second-order valence-electron chi connectivity index (χ2n) is 6.06. The lowest BCUT2D eigenvalue weighted by atomic mass is 10.2. The van der Waals surface area contributed by atoms with E-state index in [0.717, 1.165) is 0 Å². The van der Waals surface area contributed by atoms with Crippen molar-refractivity contribution in [2.24, 2.45) is 0 Å². The molecule has 1 unspecified atom stereocenters. The fourth-order valence-corrected chi connectivity index (χ4v) is 4.34. The van der Waals surface area contributed by atoms with E-state index in [2.05, 4.69) is 25.3 Å². The monoisotopic (exact) mass is 390 g/mol. The molecule has 1 aromatic heterocycles. The van der Waals surface area contributed by atoms with E-state index in [1.165, 1.54) is 19.5 Å². The number of amides is 1. The van der Waals surface area contributed by atoms with Crippen LogP contribution in [0.4, 0.5) is 11.5 Å². The summed E-state index contributed by atoms with van der Waals surface area (Å²) >= 11 is 0. The minimum Gasteiger partial charge on any atom is -0.465 e. The van der Waals surface area contributed by atoms with Crippen LogP contribution in [-0.2, 0) is 14.6 Å². The van der Waals surface area contributed by atoms with E-state index in [-0.39, 0.29) is 17.2 Å². The summed E-state index contributed by atoms with van der Waals surface area (Å²) in [5.41, 5.74) is 1.09. The number of nitrogens with zero attached hydrogens (tertiary/aromatic N) is 2. The molecule has 1 aliphatic rings. The van der Waals surface area contributed by atoms with Crippen molar-refractivity contribution < 1.29 is 22.7 Å². The van der Waals surface area contributed by atoms with Crippen LogP contribution in [0, 0.1) is 0 Å². The zero-order valence-electron chi connectivity index (χ0n) is 14.5. The fraction of sp³-hybridized carbons (Fsp3) is 0.294. The Morgan fingerprint density at radius 3 is 2.67 bits per heavy atom. The molecule has 0 spiro atoms. The Kier molecular flexibility index (Phi) is 5.36. The van der Waals surface area contributed by atoms with Gasteiger partial charge in [0.2, 0.25) is 0 Å². The molecule has 1 amide bonds. The van der Waals surface area contributed by atoms with E-state index in [4.69, 9.17) is 0 Å². The maximum absolute atomic E-state index is 12.2. The van der Waals surface area contributed by atoms with Crippen LogP contribution in [0.3, 0.4) is 0 Å². The Balaban J connectivity index is 1.63. The smallest absolute Gasteiger partial charge is 0.337 e. The summed E-state index contributed by atoms with van der Waals surface area (Å²) in [5, 5.41) is 5.63. The number of hydrogen-bond donors (Lipinski definition) is 2. The molecule has 1 fully saturated rings. The maximum atomic E-state index is 12.2. The molecule has 2 N–H and O–H groups in total. The summed E-state index contributed by atoms with van der Waals surface area (Å²) in [4.78, 5) is 31.9. The molecular formula is C17H18N4O5S. The molecule has 1 aromatic carbocycles. The van der Waals surface area contributed by atoms with Crippen LogP contribution in [0.15, 0.2) is 36.7 Å².